The van der Waals surface area contributed by atoms with Crippen molar-refractivity contribution >= 4 is 31.4 Å². The lowest BCUT2D eigenvalue weighted by Crippen LogP contribution is -2.25. The Hall–Kier alpha value is -2.06. The van der Waals surface area contributed by atoms with E-state index in [4.69, 9.17) is 0 Å². The number of benzene rings is 2. The first-order chi connectivity index (χ1) is 12.9. The van der Waals surface area contributed by atoms with Gasteiger partial charge in [-0.1, -0.05) is 32.9 Å². The van der Waals surface area contributed by atoms with E-state index in [1.807, 2.05) is 32.9 Å². The minimum Gasteiger partial charge on any atom is -0.280 e. The number of hydrogen-bond acceptors (Lipinski definition) is 4. The van der Waals surface area contributed by atoms with Gasteiger partial charge in [0.1, 0.15) is 0 Å². The van der Waals surface area contributed by atoms with E-state index in [0.717, 1.165) is 5.56 Å². The number of nitrogens with zero attached hydrogens (tertiary/aromatic N) is 1. The van der Waals surface area contributed by atoms with E-state index in [1.165, 1.54) is 4.31 Å². The third-order valence-electron chi connectivity index (χ3n) is 4.85. The minimum absolute atomic E-state index is 0.144. The Morgan fingerprint density at radius 3 is 2.21 bits per heavy atom. The van der Waals surface area contributed by atoms with Crippen LogP contribution in [0.2, 0.25) is 0 Å². The van der Waals surface area contributed by atoms with Crippen LogP contribution in [0.4, 0.5) is 11.4 Å². The molecule has 0 amide bonds. The van der Waals surface area contributed by atoms with Crippen LogP contribution in [0.25, 0.3) is 0 Å². The second-order valence-electron chi connectivity index (χ2n) is 8.12. The summed E-state index contributed by atoms with van der Waals surface area (Å²) in [5, 5.41) is 0. The van der Waals surface area contributed by atoms with Crippen molar-refractivity contribution in [3.63, 3.8) is 0 Å². The van der Waals surface area contributed by atoms with Crippen molar-refractivity contribution in [2.45, 2.75) is 44.4 Å². The fourth-order valence-electron chi connectivity index (χ4n) is 3.19. The van der Waals surface area contributed by atoms with Crippen LogP contribution in [0.15, 0.2) is 47.4 Å². The molecule has 3 rings (SSSR count). The first kappa shape index (κ1) is 20.7. The Kier molecular flexibility index (Phi) is 5.22. The average molecular weight is 423 g/mol. The molecule has 2 aromatic carbocycles. The van der Waals surface area contributed by atoms with Gasteiger partial charge in [0.15, 0.2) is 0 Å². The predicted molar refractivity (Wildman–Crippen MR) is 113 cm³/mol. The first-order valence-corrected chi connectivity index (χ1v) is 12.2. The Morgan fingerprint density at radius 1 is 1.04 bits per heavy atom. The molecule has 2 aromatic rings. The van der Waals surface area contributed by atoms with E-state index < -0.39 is 20.0 Å². The zero-order valence-electron chi connectivity index (χ0n) is 16.6. The van der Waals surface area contributed by atoms with Gasteiger partial charge in [0, 0.05) is 12.2 Å². The van der Waals surface area contributed by atoms with Gasteiger partial charge in [0.05, 0.1) is 16.3 Å². The summed E-state index contributed by atoms with van der Waals surface area (Å²) in [7, 11) is -7.02. The molecule has 1 aliphatic rings. The van der Waals surface area contributed by atoms with Gasteiger partial charge in [0.2, 0.25) is 10.0 Å². The van der Waals surface area contributed by atoms with Crippen molar-refractivity contribution in [2.24, 2.45) is 0 Å². The zero-order chi connectivity index (χ0) is 20.7. The summed E-state index contributed by atoms with van der Waals surface area (Å²) in [6.45, 7) is 8.32. The Bertz CT molecular complexity index is 1080. The summed E-state index contributed by atoms with van der Waals surface area (Å²) in [5.74, 6) is 0.144. The molecule has 0 bridgehead atoms. The van der Waals surface area contributed by atoms with Crippen LogP contribution in [0.3, 0.4) is 0 Å². The van der Waals surface area contributed by atoms with E-state index in [1.54, 1.807) is 37.3 Å². The summed E-state index contributed by atoms with van der Waals surface area (Å²) >= 11 is 0. The SMILES string of the molecule is Cc1ccc(C(C)(C)C)cc1S(=O)(=O)Nc1ccc(N2CCCS2(=O)=O)cc1. The maximum Gasteiger partial charge on any atom is 0.262 e. The van der Waals surface area contributed by atoms with Gasteiger partial charge in [-0.25, -0.2) is 16.8 Å². The fraction of sp³-hybridized carbons (Fsp3) is 0.400. The molecule has 0 aromatic heterocycles. The van der Waals surface area contributed by atoms with Crippen LogP contribution in [0.5, 0.6) is 0 Å². The van der Waals surface area contributed by atoms with Crippen LogP contribution in [0.1, 0.15) is 38.3 Å². The third kappa shape index (κ3) is 4.17. The van der Waals surface area contributed by atoms with Gasteiger partial charge >= 0.3 is 0 Å². The molecule has 0 atom stereocenters. The van der Waals surface area contributed by atoms with E-state index in [0.29, 0.717) is 29.9 Å². The lowest BCUT2D eigenvalue weighted by atomic mass is 9.87. The molecule has 1 N–H and O–H groups in total. The molecule has 0 unspecified atom stereocenters. The lowest BCUT2D eigenvalue weighted by molar-refractivity contribution is 0.584. The van der Waals surface area contributed by atoms with Crippen LogP contribution in [-0.2, 0) is 25.5 Å². The van der Waals surface area contributed by atoms with Crippen LogP contribution in [-0.4, -0.2) is 29.1 Å². The molecule has 0 aliphatic carbocycles. The maximum absolute atomic E-state index is 12.9. The number of rotatable bonds is 4. The van der Waals surface area contributed by atoms with Gasteiger partial charge in [-0.15, -0.1) is 0 Å². The highest BCUT2D eigenvalue weighted by Crippen LogP contribution is 2.29. The van der Waals surface area contributed by atoms with Crippen molar-refractivity contribution in [3.05, 3.63) is 53.6 Å². The Labute approximate surface area is 167 Å². The molecule has 1 fully saturated rings. The molecular formula is C20H26N2O4S2. The fourth-order valence-corrected chi connectivity index (χ4v) is 6.09. The molecule has 0 spiro atoms. The molecule has 0 saturated carbocycles. The van der Waals surface area contributed by atoms with Crippen molar-refractivity contribution in [1.82, 2.24) is 0 Å². The molecular weight excluding hydrogens is 396 g/mol. The summed E-state index contributed by atoms with van der Waals surface area (Å²) in [5.41, 5.74) is 2.38. The Balaban J connectivity index is 1.87. The monoisotopic (exact) mass is 422 g/mol. The van der Waals surface area contributed by atoms with E-state index in [2.05, 4.69) is 4.72 Å². The molecule has 0 radical (unpaired) electrons. The van der Waals surface area contributed by atoms with E-state index >= 15 is 0 Å². The van der Waals surface area contributed by atoms with Gasteiger partial charge in [-0.2, -0.15) is 0 Å². The molecule has 28 heavy (non-hydrogen) atoms. The summed E-state index contributed by atoms with van der Waals surface area (Å²) < 4.78 is 53.9. The van der Waals surface area contributed by atoms with Crippen molar-refractivity contribution in [3.8, 4) is 0 Å². The third-order valence-corrected chi connectivity index (χ3v) is 8.24. The molecule has 1 saturated heterocycles. The molecule has 1 aliphatic heterocycles. The topological polar surface area (TPSA) is 83.6 Å². The van der Waals surface area contributed by atoms with Gasteiger partial charge < -0.3 is 0 Å². The van der Waals surface area contributed by atoms with Gasteiger partial charge in [-0.05, 0) is 60.2 Å². The second kappa shape index (κ2) is 7.08. The average Bonchev–Trinajstić information content (AvgIpc) is 2.93. The van der Waals surface area contributed by atoms with Crippen LogP contribution in [0, 0.1) is 6.92 Å². The molecule has 6 nitrogen and oxygen atoms in total. The quantitative estimate of drug-likeness (QED) is 0.815. The maximum atomic E-state index is 12.9. The number of sulfonamides is 2. The standard InChI is InChI=1S/C20H26N2O4S2/c1-15-6-7-16(20(2,3)4)14-19(15)28(25,26)21-17-8-10-18(11-9-17)22-12-5-13-27(22,23)24/h6-11,14,21H,5,12-13H2,1-4H3. The van der Waals surface area contributed by atoms with Crippen molar-refractivity contribution in [1.29, 1.82) is 0 Å². The number of anilines is 2. The smallest absolute Gasteiger partial charge is 0.262 e. The highest BCUT2D eigenvalue weighted by molar-refractivity contribution is 7.93. The summed E-state index contributed by atoms with van der Waals surface area (Å²) in [6, 6.07) is 11.9. The van der Waals surface area contributed by atoms with E-state index in [9.17, 15) is 16.8 Å². The largest absolute Gasteiger partial charge is 0.280 e. The summed E-state index contributed by atoms with van der Waals surface area (Å²) in [6.07, 6.45) is 0.597. The normalized spacial score (nSPS) is 16.9. The predicted octanol–water partition coefficient (Wildman–Crippen LogP) is 3.63. The molecule has 152 valence electrons. The number of hydrogen-bond donors (Lipinski definition) is 1. The minimum atomic E-state index is -3.76. The molecule has 1 heterocycles. The van der Waals surface area contributed by atoms with E-state index in [-0.39, 0.29) is 16.1 Å². The van der Waals surface area contributed by atoms with Crippen molar-refractivity contribution in [2.75, 3.05) is 21.3 Å². The van der Waals surface area contributed by atoms with Crippen molar-refractivity contribution < 1.29 is 16.8 Å². The first-order valence-electron chi connectivity index (χ1n) is 9.15. The highest BCUT2D eigenvalue weighted by Gasteiger charge is 2.28. The van der Waals surface area contributed by atoms with Gasteiger partial charge in [0.25, 0.3) is 10.0 Å². The number of aryl methyl sites for hydroxylation is 1. The number of nitrogens with one attached hydrogen (secondary N) is 1. The zero-order valence-corrected chi connectivity index (χ0v) is 18.2. The second-order valence-corrected chi connectivity index (χ2v) is 11.8. The van der Waals surface area contributed by atoms with Crippen LogP contribution >= 0.6 is 0 Å². The summed E-state index contributed by atoms with van der Waals surface area (Å²) in [4.78, 5) is 0.242. The Morgan fingerprint density at radius 2 is 1.68 bits per heavy atom. The highest BCUT2D eigenvalue weighted by atomic mass is 32.2. The van der Waals surface area contributed by atoms with Gasteiger partial charge in [-0.3, -0.25) is 9.03 Å². The molecule has 8 heteroatoms. The lowest BCUT2D eigenvalue weighted by Gasteiger charge is -2.21. The van der Waals surface area contributed by atoms with Crippen LogP contribution < -0.4 is 9.03 Å².